The first-order valence-corrected chi connectivity index (χ1v) is 4.11. The monoisotopic (exact) mass is 204 g/mol. The first-order valence-electron chi connectivity index (χ1n) is 4.11. The Kier molecular flexibility index (Phi) is 3.66. The van der Waals surface area contributed by atoms with Crippen molar-refractivity contribution in [2.45, 2.75) is 12.1 Å². The summed E-state index contributed by atoms with van der Waals surface area (Å²) in [5, 5.41) is 10.9. The van der Waals surface area contributed by atoms with Crippen molar-refractivity contribution in [3.8, 4) is 0 Å². The Morgan fingerprint density at radius 2 is 2.57 bits per heavy atom. The molecule has 4 N–H and O–H groups in total. The van der Waals surface area contributed by atoms with Crippen LogP contribution in [0.25, 0.3) is 0 Å². The van der Waals surface area contributed by atoms with Crippen LogP contribution in [0.2, 0.25) is 0 Å². The quantitative estimate of drug-likeness (QED) is 0.455. The summed E-state index contributed by atoms with van der Waals surface area (Å²) in [4.78, 5) is 21.5. The molecule has 0 aromatic rings. The highest BCUT2D eigenvalue weighted by Crippen LogP contribution is 2.00. The minimum Gasteiger partial charge on any atom is -0.460 e. The van der Waals surface area contributed by atoms with E-state index in [0.29, 0.717) is 6.54 Å². The van der Waals surface area contributed by atoms with Gasteiger partial charge >= 0.3 is 12.1 Å². The topological polar surface area (TPSA) is 111 Å². The fourth-order valence-electron chi connectivity index (χ4n) is 0.881. The molecule has 0 unspecified atom stereocenters. The minimum absolute atomic E-state index is 0.0503. The van der Waals surface area contributed by atoms with E-state index in [0.717, 1.165) is 0 Å². The second-order valence-electron chi connectivity index (χ2n) is 2.83. The van der Waals surface area contributed by atoms with Gasteiger partial charge in [-0.25, -0.2) is 4.79 Å². The number of ether oxygens (including phenoxy) is 2. The molecule has 1 heterocycles. The maximum absolute atomic E-state index is 10.9. The van der Waals surface area contributed by atoms with Crippen molar-refractivity contribution in [2.75, 3.05) is 19.8 Å². The van der Waals surface area contributed by atoms with E-state index < -0.39 is 30.8 Å². The second-order valence-corrected chi connectivity index (χ2v) is 2.83. The highest BCUT2D eigenvalue weighted by molar-refractivity contribution is 5.75. The zero-order chi connectivity index (χ0) is 10.6. The van der Waals surface area contributed by atoms with Crippen molar-refractivity contribution >= 4 is 12.1 Å². The standard InChI is InChI=1S/C7H12N2O5/c8-5(2-10)6(11)13-3-4-1-9-7(12)14-4/h4-5,10H,1-3,8H2,(H,9,12)/t4-,5+/m1/s1. The molecule has 7 nitrogen and oxygen atoms in total. The molecule has 0 aliphatic carbocycles. The Balaban J connectivity index is 2.20. The number of rotatable bonds is 4. The number of carbonyl (C=O) groups excluding carboxylic acids is 2. The second kappa shape index (κ2) is 4.77. The molecule has 1 rings (SSSR count). The lowest BCUT2D eigenvalue weighted by atomic mass is 10.3. The zero-order valence-corrected chi connectivity index (χ0v) is 7.43. The number of alkyl carbamates (subject to hydrolysis) is 1. The minimum atomic E-state index is -1.04. The smallest absolute Gasteiger partial charge is 0.407 e. The van der Waals surface area contributed by atoms with Crippen LogP contribution in [0.4, 0.5) is 4.79 Å². The third-order valence-corrected chi connectivity index (χ3v) is 1.66. The third-order valence-electron chi connectivity index (χ3n) is 1.66. The van der Waals surface area contributed by atoms with E-state index in [9.17, 15) is 9.59 Å². The van der Waals surface area contributed by atoms with E-state index in [4.69, 9.17) is 15.6 Å². The average Bonchev–Trinajstić information content (AvgIpc) is 2.59. The van der Waals surface area contributed by atoms with Gasteiger partial charge in [0.25, 0.3) is 0 Å². The predicted molar refractivity (Wildman–Crippen MR) is 44.3 cm³/mol. The van der Waals surface area contributed by atoms with Crippen LogP contribution >= 0.6 is 0 Å². The van der Waals surface area contributed by atoms with Gasteiger partial charge in [-0.05, 0) is 0 Å². The van der Waals surface area contributed by atoms with E-state index in [-0.39, 0.29) is 6.61 Å². The average molecular weight is 204 g/mol. The van der Waals surface area contributed by atoms with Crippen molar-refractivity contribution in [1.29, 1.82) is 0 Å². The maximum atomic E-state index is 10.9. The van der Waals surface area contributed by atoms with E-state index in [2.05, 4.69) is 10.1 Å². The largest absolute Gasteiger partial charge is 0.460 e. The first-order chi connectivity index (χ1) is 6.63. The van der Waals surface area contributed by atoms with Gasteiger partial charge in [0.05, 0.1) is 13.2 Å². The lowest BCUT2D eigenvalue weighted by molar-refractivity contribution is -0.148. The van der Waals surface area contributed by atoms with Crippen LogP contribution in [0.15, 0.2) is 0 Å². The Morgan fingerprint density at radius 3 is 3.07 bits per heavy atom. The number of hydrogen-bond donors (Lipinski definition) is 3. The van der Waals surface area contributed by atoms with Crippen molar-refractivity contribution in [2.24, 2.45) is 5.73 Å². The van der Waals surface area contributed by atoms with Gasteiger partial charge in [0.15, 0.2) is 6.10 Å². The fraction of sp³-hybridized carbons (Fsp3) is 0.714. The van der Waals surface area contributed by atoms with Gasteiger partial charge in [0, 0.05) is 0 Å². The summed E-state index contributed by atoms with van der Waals surface area (Å²) in [5.41, 5.74) is 5.18. The molecule has 1 aliphatic heterocycles. The van der Waals surface area contributed by atoms with E-state index >= 15 is 0 Å². The molecule has 7 heteroatoms. The zero-order valence-electron chi connectivity index (χ0n) is 7.43. The molecule has 0 radical (unpaired) electrons. The molecular formula is C7H12N2O5. The van der Waals surface area contributed by atoms with Crippen LogP contribution in [0, 0.1) is 0 Å². The molecule has 80 valence electrons. The van der Waals surface area contributed by atoms with Gasteiger partial charge in [-0.2, -0.15) is 0 Å². The van der Waals surface area contributed by atoms with Crippen LogP contribution in [0.1, 0.15) is 0 Å². The number of nitrogens with two attached hydrogens (primary N) is 1. The highest BCUT2D eigenvalue weighted by atomic mass is 16.6. The van der Waals surface area contributed by atoms with Crippen molar-refractivity contribution in [3.63, 3.8) is 0 Å². The van der Waals surface area contributed by atoms with Crippen LogP contribution < -0.4 is 11.1 Å². The summed E-state index contributed by atoms with van der Waals surface area (Å²) in [5.74, 6) is -0.713. The Bertz CT molecular complexity index is 232. The van der Waals surface area contributed by atoms with Crippen LogP contribution in [0.5, 0.6) is 0 Å². The number of hydrogen-bond acceptors (Lipinski definition) is 6. The Hall–Kier alpha value is -1.34. The first kappa shape index (κ1) is 10.7. The van der Waals surface area contributed by atoms with Gasteiger partial charge in [-0.15, -0.1) is 0 Å². The van der Waals surface area contributed by atoms with Gasteiger partial charge in [-0.3, -0.25) is 4.79 Å². The summed E-state index contributed by atoms with van der Waals surface area (Å²) in [6.07, 6.45) is -1.00. The summed E-state index contributed by atoms with van der Waals surface area (Å²) >= 11 is 0. The number of amides is 1. The molecule has 1 saturated heterocycles. The number of cyclic esters (lactones) is 1. The molecule has 0 spiro atoms. The van der Waals surface area contributed by atoms with Crippen molar-refractivity contribution in [1.82, 2.24) is 5.32 Å². The summed E-state index contributed by atoms with van der Waals surface area (Å²) in [7, 11) is 0. The highest BCUT2D eigenvalue weighted by Gasteiger charge is 2.24. The Labute approximate surface area is 80.2 Å². The van der Waals surface area contributed by atoms with E-state index in [1.54, 1.807) is 0 Å². The fourth-order valence-corrected chi connectivity index (χ4v) is 0.881. The summed E-state index contributed by atoms with van der Waals surface area (Å²) in [6.45, 7) is -0.215. The Morgan fingerprint density at radius 1 is 1.86 bits per heavy atom. The van der Waals surface area contributed by atoms with Crippen molar-refractivity contribution in [3.05, 3.63) is 0 Å². The van der Waals surface area contributed by atoms with Crippen molar-refractivity contribution < 1.29 is 24.2 Å². The molecule has 1 aliphatic rings. The van der Waals surface area contributed by atoms with Crippen LogP contribution in [-0.4, -0.2) is 49.1 Å². The molecular weight excluding hydrogens is 192 g/mol. The summed E-state index contributed by atoms with van der Waals surface area (Å²) in [6, 6.07) is -1.04. The molecule has 0 aromatic carbocycles. The van der Waals surface area contributed by atoms with Gasteiger partial charge in [0.2, 0.25) is 0 Å². The van der Waals surface area contributed by atoms with Crippen LogP contribution in [0.3, 0.4) is 0 Å². The van der Waals surface area contributed by atoms with Gasteiger partial charge in [-0.1, -0.05) is 0 Å². The molecule has 1 amide bonds. The summed E-state index contributed by atoms with van der Waals surface area (Å²) < 4.78 is 9.38. The van der Waals surface area contributed by atoms with Gasteiger partial charge < -0.3 is 25.6 Å². The van der Waals surface area contributed by atoms with E-state index in [1.165, 1.54) is 0 Å². The maximum Gasteiger partial charge on any atom is 0.407 e. The predicted octanol–water partition coefficient (Wildman–Crippen LogP) is -2.04. The molecule has 2 atom stereocenters. The number of esters is 1. The van der Waals surface area contributed by atoms with Crippen LogP contribution in [-0.2, 0) is 14.3 Å². The lowest BCUT2D eigenvalue weighted by Crippen LogP contribution is -2.37. The molecule has 0 saturated carbocycles. The number of carbonyl (C=O) groups is 2. The number of aliphatic hydroxyl groups excluding tert-OH is 1. The molecule has 1 fully saturated rings. The SMILES string of the molecule is N[C@@H](CO)C(=O)OC[C@H]1CNC(=O)O1. The lowest BCUT2D eigenvalue weighted by Gasteiger charge is -2.11. The third kappa shape index (κ3) is 2.86. The number of aliphatic hydroxyl groups is 1. The normalized spacial score (nSPS) is 22.4. The molecule has 0 bridgehead atoms. The number of nitrogens with one attached hydrogen (secondary N) is 1. The molecule has 14 heavy (non-hydrogen) atoms. The van der Waals surface area contributed by atoms with Gasteiger partial charge in [0.1, 0.15) is 12.6 Å². The van der Waals surface area contributed by atoms with E-state index in [1.807, 2.05) is 0 Å². The molecule has 0 aromatic heterocycles.